The minimum Gasteiger partial charge on any atom is -0.492 e. The van der Waals surface area contributed by atoms with Gasteiger partial charge in [-0.2, -0.15) is 0 Å². The van der Waals surface area contributed by atoms with Gasteiger partial charge in [-0.1, -0.05) is 23.7 Å². The van der Waals surface area contributed by atoms with E-state index in [9.17, 15) is 9.59 Å². The Morgan fingerprint density at radius 3 is 2.31 bits per heavy atom. The van der Waals surface area contributed by atoms with Crippen molar-refractivity contribution in [2.45, 2.75) is 25.7 Å². The number of rotatable bonds is 8. The van der Waals surface area contributed by atoms with Crippen LogP contribution in [0.1, 0.15) is 25.7 Å². The molecule has 0 saturated carbocycles. The van der Waals surface area contributed by atoms with Gasteiger partial charge in [-0.25, -0.2) is 0 Å². The van der Waals surface area contributed by atoms with E-state index in [0.717, 1.165) is 6.42 Å². The van der Waals surface area contributed by atoms with Gasteiger partial charge in [-0.05, 0) is 25.0 Å². The summed E-state index contributed by atoms with van der Waals surface area (Å²) in [6, 6.07) is 7.30. The van der Waals surface area contributed by atoms with Crippen molar-refractivity contribution < 1.29 is 19.1 Å². The Morgan fingerprint density at radius 2 is 1.65 bits per heavy atom. The molecule has 7 heteroatoms. The Bertz CT molecular complexity index is 597. The van der Waals surface area contributed by atoms with Crippen LogP contribution in [-0.4, -0.2) is 68.1 Å². The van der Waals surface area contributed by atoms with Crippen molar-refractivity contribution in [2.75, 3.05) is 46.5 Å². The lowest BCUT2D eigenvalue weighted by Gasteiger charge is -2.22. The molecule has 26 heavy (non-hydrogen) atoms. The molecule has 0 bridgehead atoms. The van der Waals surface area contributed by atoms with Crippen LogP contribution in [0.5, 0.6) is 5.75 Å². The van der Waals surface area contributed by atoms with E-state index in [4.69, 9.17) is 21.1 Å². The summed E-state index contributed by atoms with van der Waals surface area (Å²) in [7, 11) is 1.59. The van der Waals surface area contributed by atoms with E-state index in [0.29, 0.717) is 69.4 Å². The summed E-state index contributed by atoms with van der Waals surface area (Å²) in [6.07, 6.45) is 2.27. The summed E-state index contributed by atoms with van der Waals surface area (Å²) in [6.45, 7) is 3.45. The lowest BCUT2D eigenvalue weighted by Crippen LogP contribution is -2.37. The molecule has 1 heterocycles. The van der Waals surface area contributed by atoms with Crippen molar-refractivity contribution in [1.82, 2.24) is 9.80 Å². The number of ether oxygens (including phenoxy) is 2. The molecule has 1 aromatic rings. The Morgan fingerprint density at radius 1 is 1.00 bits per heavy atom. The van der Waals surface area contributed by atoms with Gasteiger partial charge in [0.15, 0.2) is 0 Å². The number of carbonyl (C=O) groups excluding carboxylic acids is 2. The molecule has 1 aromatic carbocycles. The predicted molar refractivity (Wildman–Crippen MR) is 100 cm³/mol. The standard InChI is InChI=1S/C19H27ClN2O4/c1-25-15-9-19(24)22-11-5-10-21(12-13-22)18(23)8-4-14-26-17-7-3-2-6-16(17)20/h2-3,6-7H,4-5,8-15H2,1H3. The fourth-order valence-electron chi connectivity index (χ4n) is 2.89. The fraction of sp³-hybridized carbons (Fsp3) is 0.579. The molecule has 0 unspecified atom stereocenters. The number of hydrogen-bond acceptors (Lipinski definition) is 4. The zero-order chi connectivity index (χ0) is 18.8. The highest BCUT2D eigenvalue weighted by Crippen LogP contribution is 2.23. The number of carbonyl (C=O) groups is 2. The molecule has 1 saturated heterocycles. The lowest BCUT2D eigenvalue weighted by atomic mass is 10.2. The summed E-state index contributed by atoms with van der Waals surface area (Å²) < 4.78 is 10.6. The van der Waals surface area contributed by atoms with Crippen molar-refractivity contribution in [1.29, 1.82) is 0 Å². The van der Waals surface area contributed by atoms with Gasteiger partial charge in [0.2, 0.25) is 11.8 Å². The van der Waals surface area contributed by atoms with Crippen LogP contribution in [0, 0.1) is 0 Å². The van der Waals surface area contributed by atoms with E-state index < -0.39 is 0 Å². The highest BCUT2D eigenvalue weighted by atomic mass is 35.5. The number of para-hydroxylation sites is 1. The predicted octanol–water partition coefficient (Wildman–Crippen LogP) is 2.60. The second-order valence-electron chi connectivity index (χ2n) is 6.24. The molecule has 2 amide bonds. The first-order valence-electron chi connectivity index (χ1n) is 9.03. The van der Waals surface area contributed by atoms with E-state index in [1.165, 1.54) is 0 Å². The van der Waals surface area contributed by atoms with Crippen LogP contribution >= 0.6 is 11.6 Å². The van der Waals surface area contributed by atoms with Crippen LogP contribution < -0.4 is 4.74 Å². The second-order valence-corrected chi connectivity index (χ2v) is 6.65. The molecule has 0 aliphatic carbocycles. The van der Waals surface area contributed by atoms with Gasteiger partial charge >= 0.3 is 0 Å². The Hall–Kier alpha value is -1.79. The summed E-state index contributed by atoms with van der Waals surface area (Å²) in [5, 5.41) is 0.574. The summed E-state index contributed by atoms with van der Waals surface area (Å²) in [4.78, 5) is 28.1. The number of hydrogen-bond donors (Lipinski definition) is 0. The molecule has 2 rings (SSSR count). The van der Waals surface area contributed by atoms with Crippen LogP contribution in [0.25, 0.3) is 0 Å². The van der Waals surface area contributed by atoms with Gasteiger partial charge < -0.3 is 19.3 Å². The Kier molecular flexibility index (Phi) is 8.71. The number of halogens is 1. The molecule has 0 N–H and O–H groups in total. The van der Waals surface area contributed by atoms with Crippen LogP contribution in [0.4, 0.5) is 0 Å². The number of methoxy groups -OCH3 is 1. The zero-order valence-corrected chi connectivity index (χ0v) is 16.0. The van der Waals surface area contributed by atoms with Crippen molar-refractivity contribution in [3.63, 3.8) is 0 Å². The quantitative estimate of drug-likeness (QED) is 0.648. The summed E-state index contributed by atoms with van der Waals surface area (Å²) in [5.41, 5.74) is 0. The maximum atomic E-state index is 12.4. The minimum atomic E-state index is 0.0919. The third-order valence-electron chi connectivity index (χ3n) is 4.35. The third-order valence-corrected chi connectivity index (χ3v) is 4.66. The van der Waals surface area contributed by atoms with Gasteiger partial charge in [-0.15, -0.1) is 0 Å². The maximum Gasteiger partial charge on any atom is 0.224 e. The maximum absolute atomic E-state index is 12.4. The highest BCUT2D eigenvalue weighted by molar-refractivity contribution is 6.32. The van der Waals surface area contributed by atoms with Crippen LogP contribution in [-0.2, 0) is 14.3 Å². The Labute approximate surface area is 160 Å². The number of nitrogens with zero attached hydrogens (tertiary/aromatic N) is 2. The van der Waals surface area contributed by atoms with Crippen LogP contribution in [0.15, 0.2) is 24.3 Å². The van der Waals surface area contributed by atoms with Gasteiger partial charge in [0.25, 0.3) is 0 Å². The van der Waals surface area contributed by atoms with Crippen molar-refractivity contribution in [3.05, 3.63) is 29.3 Å². The van der Waals surface area contributed by atoms with E-state index in [-0.39, 0.29) is 11.8 Å². The molecule has 0 spiro atoms. The molecule has 1 aliphatic heterocycles. The van der Waals surface area contributed by atoms with Gasteiger partial charge in [0, 0.05) is 39.7 Å². The molecule has 0 atom stereocenters. The molecule has 1 fully saturated rings. The first kappa shape index (κ1) is 20.5. The minimum absolute atomic E-state index is 0.0919. The van der Waals surface area contributed by atoms with E-state index in [1.807, 2.05) is 28.0 Å². The molecule has 6 nitrogen and oxygen atoms in total. The van der Waals surface area contributed by atoms with Gasteiger partial charge in [-0.3, -0.25) is 9.59 Å². The average molecular weight is 383 g/mol. The first-order valence-corrected chi connectivity index (χ1v) is 9.41. The fourth-order valence-corrected chi connectivity index (χ4v) is 3.08. The monoisotopic (exact) mass is 382 g/mol. The van der Waals surface area contributed by atoms with Crippen molar-refractivity contribution >= 4 is 23.4 Å². The topological polar surface area (TPSA) is 59.1 Å². The van der Waals surface area contributed by atoms with Crippen LogP contribution in [0.2, 0.25) is 5.02 Å². The molecule has 0 radical (unpaired) electrons. The average Bonchev–Trinajstić information content (AvgIpc) is 2.90. The second kappa shape index (κ2) is 11.0. The van der Waals surface area contributed by atoms with E-state index in [1.54, 1.807) is 13.2 Å². The zero-order valence-electron chi connectivity index (χ0n) is 15.3. The normalized spacial score (nSPS) is 14.8. The van der Waals surface area contributed by atoms with E-state index in [2.05, 4.69) is 0 Å². The summed E-state index contributed by atoms with van der Waals surface area (Å²) >= 11 is 6.04. The van der Waals surface area contributed by atoms with Gasteiger partial charge in [0.05, 0.1) is 24.7 Å². The van der Waals surface area contributed by atoms with Gasteiger partial charge in [0.1, 0.15) is 5.75 Å². The number of amides is 2. The molecule has 0 aromatic heterocycles. The Balaban J connectivity index is 1.69. The smallest absolute Gasteiger partial charge is 0.224 e. The first-order chi connectivity index (χ1) is 12.6. The lowest BCUT2D eigenvalue weighted by molar-refractivity contribution is -0.134. The van der Waals surface area contributed by atoms with Crippen LogP contribution in [0.3, 0.4) is 0 Å². The molecule has 1 aliphatic rings. The third kappa shape index (κ3) is 6.50. The SMILES string of the molecule is COCCC(=O)N1CCCN(C(=O)CCCOc2ccccc2Cl)CC1. The summed E-state index contributed by atoms with van der Waals surface area (Å²) in [5.74, 6) is 0.842. The van der Waals surface area contributed by atoms with Crippen molar-refractivity contribution in [2.24, 2.45) is 0 Å². The molecule has 144 valence electrons. The molecular weight excluding hydrogens is 356 g/mol. The largest absolute Gasteiger partial charge is 0.492 e. The number of benzene rings is 1. The molecular formula is C19H27ClN2O4. The van der Waals surface area contributed by atoms with Crippen molar-refractivity contribution in [3.8, 4) is 5.75 Å². The van der Waals surface area contributed by atoms with E-state index >= 15 is 0 Å². The highest BCUT2D eigenvalue weighted by Gasteiger charge is 2.21.